The van der Waals surface area contributed by atoms with Crippen LogP contribution in [0.15, 0.2) is 54.6 Å². The quantitative estimate of drug-likeness (QED) is 0.873. The first-order valence-corrected chi connectivity index (χ1v) is 7.80. The number of benzene rings is 2. The van der Waals surface area contributed by atoms with Crippen LogP contribution in [-0.2, 0) is 14.2 Å². The maximum Gasteiger partial charge on any atom is 0.338 e. The lowest BCUT2D eigenvalue weighted by Crippen LogP contribution is -2.40. The van der Waals surface area contributed by atoms with Crippen LogP contribution in [0.5, 0.6) is 5.75 Å². The molecule has 126 valence electrons. The predicted octanol–water partition coefficient (Wildman–Crippen LogP) is 3.30. The second kappa shape index (κ2) is 7.03. The average Bonchev–Trinajstić information content (AvgIpc) is 2.62. The van der Waals surface area contributed by atoms with E-state index in [1.54, 1.807) is 0 Å². The molecule has 0 unspecified atom stereocenters. The Balaban J connectivity index is 1.53. The smallest absolute Gasteiger partial charge is 0.338 e. The first kappa shape index (κ1) is 16.5. The summed E-state index contributed by atoms with van der Waals surface area (Å²) >= 11 is 0. The Morgan fingerprint density at radius 2 is 1.75 bits per heavy atom. The summed E-state index contributed by atoms with van der Waals surface area (Å²) in [6.07, 6.45) is -0.382. The molecule has 1 N–H and O–H groups in total. The number of phenolic OH excluding ortho intramolecular Hbond substituents is 1. The number of rotatable bonds is 4. The minimum absolute atomic E-state index is 0.111. The van der Waals surface area contributed by atoms with Gasteiger partial charge >= 0.3 is 5.97 Å². The molecule has 0 radical (unpaired) electrons. The number of hydrogen-bond acceptors (Lipinski definition) is 5. The number of esters is 1. The summed E-state index contributed by atoms with van der Waals surface area (Å²) in [5.41, 5.74) is 0.981. The van der Waals surface area contributed by atoms with Gasteiger partial charge in [-0.15, -0.1) is 0 Å². The third-order valence-electron chi connectivity index (χ3n) is 3.89. The molecule has 0 saturated carbocycles. The van der Waals surface area contributed by atoms with Gasteiger partial charge in [-0.2, -0.15) is 0 Å². The molecule has 1 fully saturated rings. The monoisotopic (exact) mass is 328 g/mol. The van der Waals surface area contributed by atoms with E-state index < -0.39 is 11.4 Å². The van der Waals surface area contributed by atoms with E-state index in [-0.39, 0.29) is 18.6 Å². The Hall–Kier alpha value is -2.37. The van der Waals surface area contributed by atoms with E-state index in [1.807, 2.05) is 37.3 Å². The van der Waals surface area contributed by atoms with E-state index in [0.29, 0.717) is 18.8 Å². The van der Waals surface area contributed by atoms with Crippen molar-refractivity contribution >= 4 is 5.97 Å². The van der Waals surface area contributed by atoms with Crippen LogP contribution in [0.2, 0.25) is 0 Å². The molecule has 1 aliphatic rings. The molecule has 24 heavy (non-hydrogen) atoms. The molecule has 0 aliphatic carbocycles. The summed E-state index contributed by atoms with van der Waals surface area (Å²) in [4.78, 5) is 12.0. The van der Waals surface area contributed by atoms with Crippen molar-refractivity contribution in [2.45, 2.75) is 13.2 Å². The van der Waals surface area contributed by atoms with Crippen molar-refractivity contribution < 1.29 is 24.1 Å². The number of phenols is 1. The Morgan fingerprint density at radius 1 is 1.12 bits per heavy atom. The first-order valence-electron chi connectivity index (χ1n) is 7.80. The molecule has 0 bridgehead atoms. The fourth-order valence-corrected chi connectivity index (χ4v) is 2.45. The zero-order chi connectivity index (χ0) is 17.0. The topological polar surface area (TPSA) is 65.0 Å². The minimum atomic E-state index is -0.429. The Morgan fingerprint density at radius 3 is 2.38 bits per heavy atom. The van der Waals surface area contributed by atoms with E-state index in [0.717, 1.165) is 5.56 Å². The third-order valence-corrected chi connectivity index (χ3v) is 3.89. The van der Waals surface area contributed by atoms with Crippen molar-refractivity contribution in [2.75, 3.05) is 19.8 Å². The van der Waals surface area contributed by atoms with Crippen molar-refractivity contribution in [3.05, 3.63) is 65.7 Å². The van der Waals surface area contributed by atoms with Crippen molar-refractivity contribution in [1.82, 2.24) is 0 Å². The first-order chi connectivity index (χ1) is 11.6. The van der Waals surface area contributed by atoms with Gasteiger partial charge < -0.3 is 19.3 Å². The zero-order valence-electron chi connectivity index (χ0n) is 13.5. The summed E-state index contributed by atoms with van der Waals surface area (Å²) in [6.45, 7) is 3.04. The Labute approximate surface area is 140 Å². The van der Waals surface area contributed by atoms with Gasteiger partial charge in [-0.3, -0.25) is 0 Å². The van der Waals surface area contributed by atoms with Gasteiger partial charge in [0.2, 0.25) is 0 Å². The van der Waals surface area contributed by atoms with Crippen LogP contribution in [0.25, 0.3) is 0 Å². The highest BCUT2D eigenvalue weighted by atomic mass is 16.7. The van der Waals surface area contributed by atoms with Crippen molar-refractivity contribution in [3.8, 4) is 5.75 Å². The number of aromatic hydroxyl groups is 1. The Kier molecular flexibility index (Phi) is 4.83. The maximum atomic E-state index is 12.0. The lowest BCUT2D eigenvalue weighted by molar-refractivity contribution is -0.236. The van der Waals surface area contributed by atoms with Gasteiger partial charge in [0.05, 0.1) is 18.8 Å². The van der Waals surface area contributed by atoms with Gasteiger partial charge in [-0.05, 0) is 24.3 Å². The van der Waals surface area contributed by atoms with E-state index in [2.05, 4.69) is 0 Å². The molecule has 0 aromatic heterocycles. The largest absolute Gasteiger partial charge is 0.508 e. The lowest BCUT2D eigenvalue weighted by Gasteiger charge is -2.36. The average molecular weight is 328 g/mol. The second-order valence-corrected chi connectivity index (χ2v) is 6.30. The SMILES string of the molecule is CC1(COC(=O)c2ccc(O)cc2)COC(c2ccccc2)OC1. The van der Waals surface area contributed by atoms with E-state index >= 15 is 0 Å². The number of carbonyl (C=O) groups is 1. The summed E-state index contributed by atoms with van der Waals surface area (Å²) < 4.78 is 16.9. The highest BCUT2D eigenvalue weighted by Crippen LogP contribution is 2.31. The molecule has 3 rings (SSSR count). The van der Waals surface area contributed by atoms with Crippen LogP contribution >= 0.6 is 0 Å². The van der Waals surface area contributed by atoms with Crippen LogP contribution < -0.4 is 0 Å². The van der Waals surface area contributed by atoms with Crippen LogP contribution in [0.4, 0.5) is 0 Å². The number of carbonyl (C=O) groups excluding carboxylic acids is 1. The highest BCUT2D eigenvalue weighted by Gasteiger charge is 2.34. The van der Waals surface area contributed by atoms with E-state index in [9.17, 15) is 9.90 Å². The zero-order valence-corrected chi connectivity index (χ0v) is 13.5. The molecule has 1 aliphatic heterocycles. The van der Waals surface area contributed by atoms with E-state index in [1.165, 1.54) is 24.3 Å². The third kappa shape index (κ3) is 3.93. The summed E-state index contributed by atoms with van der Waals surface area (Å²) in [5.74, 6) is -0.319. The van der Waals surface area contributed by atoms with Crippen LogP contribution in [-0.4, -0.2) is 30.9 Å². The molecular formula is C19H20O5. The van der Waals surface area contributed by atoms with Gasteiger partial charge in [-0.1, -0.05) is 37.3 Å². The highest BCUT2D eigenvalue weighted by molar-refractivity contribution is 5.89. The van der Waals surface area contributed by atoms with Crippen LogP contribution in [0.1, 0.15) is 29.1 Å². The van der Waals surface area contributed by atoms with Crippen LogP contribution in [0.3, 0.4) is 0 Å². The molecular weight excluding hydrogens is 308 g/mol. The molecule has 0 spiro atoms. The molecule has 2 aromatic rings. The lowest BCUT2D eigenvalue weighted by atomic mass is 9.93. The van der Waals surface area contributed by atoms with Gasteiger partial charge in [0.25, 0.3) is 0 Å². The minimum Gasteiger partial charge on any atom is -0.508 e. The number of hydrogen-bond donors (Lipinski definition) is 1. The maximum absolute atomic E-state index is 12.0. The van der Waals surface area contributed by atoms with Crippen LogP contribution in [0, 0.1) is 5.41 Å². The predicted molar refractivity (Wildman–Crippen MR) is 87.6 cm³/mol. The Bertz CT molecular complexity index is 673. The summed E-state index contributed by atoms with van der Waals surface area (Å²) in [7, 11) is 0. The molecule has 0 atom stereocenters. The van der Waals surface area contributed by atoms with Gasteiger partial charge in [0, 0.05) is 11.0 Å². The molecule has 5 nitrogen and oxygen atoms in total. The molecule has 1 saturated heterocycles. The summed E-state index contributed by atoms with van der Waals surface area (Å²) in [5, 5.41) is 9.25. The fraction of sp³-hybridized carbons (Fsp3) is 0.316. The van der Waals surface area contributed by atoms with Crippen molar-refractivity contribution in [3.63, 3.8) is 0 Å². The fourth-order valence-electron chi connectivity index (χ4n) is 2.45. The van der Waals surface area contributed by atoms with Gasteiger partial charge in [0.1, 0.15) is 12.4 Å². The van der Waals surface area contributed by atoms with Gasteiger partial charge in [0.15, 0.2) is 6.29 Å². The molecule has 5 heteroatoms. The van der Waals surface area contributed by atoms with Crippen molar-refractivity contribution in [2.24, 2.45) is 5.41 Å². The summed E-state index contributed by atoms with van der Waals surface area (Å²) in [6, 6.07) is 15.7. The second-order valence-electron chi connectivity index (χ2n) is 6.30. The normalized spacial score (nSPS) is 23.6. The number of ether oxygens (including phenoxy) is 3. The molecule has 1 heterocycles. The van der Waals surface area contributed by atoms with Crippen molar-refractivity contribution in [1.29, 1.82) is 0 Å². The standard InChI is InChI=1S/C19H20O5/c1-19(11-22-17(21)14-7-9-16(20)10-8-14)12-23-18(24-13-19)15-5-3-2-4-6-15/h2-10,18,20H,11-13H2,1H3. The molecule has 0 amide bonds. The molecule has 2 aromatic carbocycles. The van der Waals surface area contributed by atoms with E-state index in [4.69, 9.17) is 14.2 Å². The van der Waals surface area contributed by atoms with Gasteiger partial charge in [-0.25, -0.2) is 4.79 Å².